The Morgan fingerprint density at radius 3 is 2.53 bits per heavy atom. The molecule has 1 heterocycles. The lowest BCUT2D eigenvalue weighted by atomic mass is 10.0. The average Bonchev–Trinajstić information content (AvgIpc) is 3.53. The van der Waals surface area contributed by atoms with Crippen LogP contribution in [0.15, 0.2) is 29.3 Å². The fourth-order valence-corrected chi connectivity index (χ4v) is 3.57. The minimum Gasteiger partial charge on any atom is -0.491 e. The number of carbonyl (C=O) groups is 1. The normalized spacial score (nSPS) is 17.5. The monoisotopic (exact) mass is 529 g/mol. The number of hydrogen-bond acceptors (Lipinski definition) is 4. The number of guanidine groups is 1. The van der Waals surface area contributed by atoms with Gasteiger partial charge in [-0.2, -0.15) is 0 Å². The molecular weight excluding hydrogens is 493 g/mol. The SMILES string of the molecule is CN=C(NCCOc1ccccc1C(C)C)N1CCN(CC(=O)NC2CC2)CC1.I. The highest BCUT2D eigenvalue weighted by molar-refractivity contribution is 14.0. The highest BCUT2D eigenvalue weighted by Gasteiger charge is 2.25. The summed E-state index contributed by atoms with van der Waals surface area (Å²) < 4.78 is 5.99. The van der Waals surface area contributed by atoms with E-state index in [2.05, 4.69) is 51.4 Å². The van der Waals surface area contributed by atoms with Crippen LogP contribution in [-0.4, -0.2) is 80.6 Å². The van der Waals surface area contributed by atoms with Crippen LogP contribution in [0.2, 0.25) is 0 Å². The predicted octanol–water partition coefficient (Wildman–Crippen LogP) is 2.28. The highest BCUT2D eigenvalue weighted by atomic mass is 127. The second-order valence-electron chi connectivity index (χ2n) is 8.12. The number of amides is 1. The predicted molar refractivity (Wildman–Crippen MR) is 132 cm³/mol. The lowest BCUT2D eigenvalue weighted by molar-refractivity contribution is -0.122. The number of aliphatic imine (C=N–C) groups is 1. The fraction of sp³-hybridized carbons (Fsp3) is 0.636. The van der Waals surface area contributed by atoms with Crippen molar-refractivity contribution in [2.75, 3.05) is 52.9 Å². The van der Waals surface area contributed by atoms with Crippen LogP contribution in [0, 0.1) is 0 Å². The van der Waals surface area contributed by atoms with Gasteiger partial charge in [-0.1, -0.05) is 32.0 Å². The Bertz CT molecular complexity index is 701. The van der Waals surface area contributed by atoms with Crippen molar-refractivity contribution in [2.24, 2.45) is 4.99 Å². The molecule has 0 spiro atoms. The molecule has 1 saturated carbocycles. The van der Waals surface area contributed by atoms with Crippen LogP contribution in [-0.2, 0) is 4.79 Å². The summed E-state index contributed by atoms with van der Waals surface area (Å²) in [6.07, 6.45) is 2.27. The third-order valence-corrected chi connectivity index (χ3v) is 5.38. The first kappa shape index (κ1) is 24.7. The van der Waals surface area contributed by atoms with E-state index in [1.165, 1.54) is 5.56 Å². The van der Waals surface area contributed by atoms with Gasteiger partial charge in [-0.3, -0.25) is 14.7 Å². The lowest BCUT2D eigenvalue weighted by Gasteiger charge is -2.36. The molecule has 1 aliphatic carbocycles. The zero-order valence-corrected chi connectivity index (χ0v) is 20.7. The molecule has 1 aliphatic heterocycles. The molecule has 30 heavy (non-hydrogen) atoms. The van der Waals surface area contributed by atoms with Crippen molar-refractivity contribution < 1.29 is 9.53 Å². The first-order valence-electron chi connectivity index (χ1n) is 10.8. The van der Waals surface area contributed by atoms with Crippen LogP contribution in [0.25, 0.3) is 0 Å². The van der Waals surface area contributed by atoms with Crippen molar-refractivity contribution in [1.82, 2.24) is 20.4 Å². The molecule has 1 aromatic carbocycles. The molecule has 2 N–H and O–H groups in total. The summed E-state index contributed by atoms with van der Waals surface area (Å²) in [6.45, 7) is 9.62. The third kappa shape index (κ3) is 7.61. The summed E-state index contributed by atoms with van der Waals surface area (Å²) in [4.78, 5) is 20.9. The van der Waals surface area contributed by atoms with E-state index in [1.54, 1.807) is 0 Å². The molecule has 0 bridgehead atoms. The first-order chi connectivity index (χ1) is 14.1. The molecule has 0 aromatic heterocycles. The Labute approximate surface area is 197 Å². The summed E-state index contributed by atoms with van der Waals surface area (Å²) >= 11 is 0. The maximum Gasteiger partial charge on any atom is 0.234 e. The number of benzene rings is 1. The number of piperazine rings is 1. The summed E-state index contributed by atoms with van der Waals surface area (Å²) in [5.74, 6) is 2.45. The second kappa shape index (κ2) is 12.3. The van der Waals surface area contributed by atoms with Gasteiger partial charge in [-0.05, 0) is 30.4 Å². The number of hydrogen-bond donors (Lipinski definition) is 2. The molecule has 8 heteroatoms. The summed E-state index contributed by atoms with van der Waals surface area (Å²) in [5.41, 5.74) is 1.23. The zero-order chi connectivity index (χ0) is 20.6. The molecule has 168 valence electrons. The van der Waals surface area contributed by atoms with E-state index in [-0.39, 0.29) is 29.9 Å². The number of carbonyl (C=O) groups excluding carboxylic acids is 1. The van der Waals surface area contributed by atoms with E-state index < -0.39 is 0 Å². The Hall–Kier alpha value is -1.55. The van der Waals surface area contributed by atoms with Crippen LogP contribution in [0.4, 0.5) is 0 Å². The van der Waals surface area contributed by atoms with Crippen LogP contribution >= 0.6 is 24.0 Å². The molecule has 2 fully saturated rings. The Morgan fingerprint density at radius 2 is 1.90 bits per heavy atom. The quantitative estimate of drug-likeness (QED) is 0.234. The summed E-state index contributed by atoms with van der Waals surface area (Å²) in [7, 11) is 1.81. The Morgan fingerprint density at radius 1 is 1.20 bits per heavy atom. The van der Waals surface area contributed by atoms with Crippen LogP contribution in [0.5, 0.6) is 5.75 Å². The van der Waals surface area contributed by atoms with Crippen molar-refractivity contribution in [1.29, 1.82) is 0 Å². The van der Waals surface area contributed by atoms with E-state index in [1.807, 2.05) is 19.2 Å². The average molecular weight is 529 g/mol. The third-order valence-electron chi connectivity index (χ3n) is 5.38. The van der Waals surface area contributed by atoms with Gasteiger partial charge in [-0.15, -0.1) is 24.0 Å². The van der Waals surface area contributed by atoms with Gasteiger partial charge in [0.25, 0.3) is 0 Å². The van der Waals surface area contributed by atoms with Gasteiger partial charge in [0.2, 0.25) is 5.91 Å². The summed E-state index contributed by atoms with van der Waals surface area (Å²) in [6, 6.07) is 8.65. The molecule has 7 nitrogen and oxygen atoms in total. The van der Waals surface area contributed by atoms with Crippen LogP contribution in [0.3, 0.4) is 0 Å². The maximum absolute atomic E-state index is 12.0. The molecule has 3 rings (SSSR count). The van der Waals surface area contributed by atoms with Crippen LogP contribution < -0.4 is 15.4 Å². The molecule has 2 aliphatic rings. The van der Waals surface area contributed by atoms with E-state index >= 15 is 0 Å². The highest BCUT2D eigenvalue weighted by Crippen LogP contribution is 2.25. The number of halogens is 1. The maximum atomic E-state index is 12.0. The van der Waals surface area contributed by atoms with Crippen molar-refractivity contribution in [3.8, 4) is 5.75 Å². The molecule has 1 amide bonds. The largest absolute Gasteiger partial charge is 0.491 e. The van der Waals surface area contributed by atoms with Gasteiger partial charge in [-0.25, -0.2) is 0 Å². The van der Waals surface area contributed by atoms with E-state index in [9.17, 15) is 4.79 Å². The fourth-order valence-electron chi connectivity index (χ4n) is 3.57. The minimum atomic E-state index is 0. The molecule has 0 unspecified atom stereocenters. The molecule has 0 atom stereocenters. The molecule has 1 aromatic rings. The van der Waals surface area contributed by atoms with Gasteiger partial charge in [0.15, 0.2) is 5.96 Å². The molecule has 0 radical (unpaired) electrons. The Kier molecular flexibility index (Phi) is 10.2. The number of ether oxygens (including phenoxy) is 1. The standard InChI is InChI=1S/C22H35N5O2.HI/c1-17(2)19-6-4-5-7-20(19)29-15-10-24-22(23-3)27-13-11-26(12-14-27)16-21(28)25-18-8-9-18;/h4-7,17-18H,8-16H2,1-3H3,(H,23,24)(H,25,28);1H. The topological polar surface area (TPSA) is 69.2 Å². The van der Waals surface area contributed by atoms with Crippen molar-refractivity contribution in [2.45, 2.75) is 38.6 Å². The molecular formula is C22H36IN5O2. The van der Waals surface area contributed by atoms with Gasteiger partial charge in [0.05, 0.1) is 13.1 Å². The zero-order valence-electron chi connectivity index (χ0n) is 18.4. The van der Waals surface area contributed by atoms with Gasteiger partial charge < -0.3 is 20.3 Å². The van der Waals surface area contributed by atoms with Crippen molar-refractivity contribution >= 4 is 35.8 Å². The smallest absolute Gasteiger partial charge is 0.234 e. The Balaban J connectivity index is 0.00000320. The van der Waals surface area contributed by atoms with Gasteiger partial charge in [0.1, 0.15) is 12.4 Å². The van der Waals surface area contributed by atoms with Gasteiger partial charge in [0, 0.05) is 39.3 Å². The van der Waals surface area contributed by atoms with E-state index in [4.69, 9.17) is 4.74 Å². The number of para-hydroxylation sites is 1. The second-order valence-corrected chi connectivity index (χ2v) is 8.12. The van der Waals surface area contributed by atoms with Crippen molar-refractivity contribution in [3.05, 3.63) is 29.8 Å². The number of rotatable bonds is 8. The van der Waals surface area contributed by atoms with Gasteiger partial charge >= 0.3 is 0 Å². The lowest BCUT2D eigenvalue weighted by Crippen LogP contribution is -2.54. The first-order valence-corrected chi connectivity index (χ1v) is 10.8. The van der Waals surface area contributed by atoms with E-state index in [0.29, 0.717) is 31.7 Å². The van der Waals surface area contributed by atoms with Crippen LogP contribution in [0.1, 0.15) is 38.2 Å². The minimum absolute atomic E-state index is 0. The van der Waals surface area contributed by atoms with E-state index in [0.717, 1.165) is 50.7 Å². The number of nitrogens with one attached hydrogen (secondary N) is 2. The molecule has 1 saturated heterocycles. The van der Waals surface area contributed by atoms with Crippen molar-refractivity contribution in [3.63, 3.8) is 0 Å². The summed E-state index contributed by atoms with van der Waals surface area (Å²) in [5, 5.41) is 6.46. The number of nitrogens with zero attached hydrogens (tertiary/aromatic N) is 3.